The molecular weight excluding hydrogens is 377 g/mol. The summed E-state index contributed by atoms with van der Waals surface area (Å²) in [6.07, 6.45) is 1.55. The van der Waals surface area contributed by atoms with Crippen LogP contribution in [0.1, 0.15) is 5.69 Å². The smallest absolute Gasteiger partial charge is 0.263 e. The minimum Gasteiger partial charge on any atom is -0.352 e. The zero-order chi connectivity index (χ0) is 14.0. The second-order valence-electron chi connectivity index (χ2n) is 4.09. The SMILES string of the molecule is Cn1cc(S(=O)(=O)Nc2ccc(I)cc2)cc1CN. The summed E-state index contributed by atoms with van der Waals surface area (Å²) in [7, 11) is -1.80. The Bertz CT molecular complexity index is 678. The first kappa shape index (κ1) is 14.4. The molecule has 0 bridgehead atoms. The lowest BCUT2D eigenvalue weighted by molar-refractivity contribution is 0.601. The van der Waals surface area contributed by atoms with Gasteiger partial charge in [0.05, 0.1) is 0 Å². The quantitative estimate of drug-likeness (QED) is 0.782. The number of hydrogen-bond donors (Lipinski definition) is 2. The van der Waals surface area contributed by atoms with Gasteiger partial charge in [0.2, 0.25) is 0 Å². The van der Waals surface area contributed by atoms with Crippen molar-refractivity contribution in [3.05, 3.63) is 45.8 Å². The van der Waals surface area contributed by atoms with Crippen molar-refractivity contribution in [1.82, 2.24) is 4.57 Å². The maximum Gasteiger partial charge on any atom is 0.263 e. The van der Waals surface area contributed by atoms with E-state index in [-0.39, 0.29) is 4.90 Å². The maximum absolute atomic E-state index is 12.2. The molecule has 0 saturated heterocycles. The Morgan fingerprint density at radius 2 is 1.95 bits per heavy atom. The van der Waals surface area contributed by atoms with Gasteiger partial charge in [-0.2, -0.15) is 0 Å². The second-order valence-corrected chi connectivity index (χ2v) is 7.02. The maximum atomic E-state index is 12.2. The third-order valence-electron chi connectivity index (χ3n) is 2.70. The molecule has 19 heavy (non-hydrogen) atoms. The molecule has 0 amide bonds. The van der Waals surface area contributed by atoms with Crippen LogP contribution in [0.25, 0.3) is 0 Å². The summed E-state index contributed by atoms with van der Waals surface area (Å²) >= 11 is 2.16. The van der Waals surface area contributed by atoms with Crippen molar-refractivity contribution in [2.24, 2.45) is 12.8 Å². The molecule has 0 spiro atoms. The van der Waals surface area contributed by atoms with E-state index in [0.717, 1.165) is 9.26 Å². The molecule has 7 heteroatoms. The number of sulfonamides is 1. The van der Waals surface area contributed by atoms with Gasteiger partial charge in [0.1, 0.15) is 4.90 Å². The van der Waals surface area contributed by atoms with Crippen molar-refractivity contribution in [2.45, 2.75) is 11.4 Å². The molecule has 1 aromatic heterocycles. The monoisotopic (exact) mass is 391 g/mol. The van der Waals surface area contributed by atoms with Crippen molar-refractivity contribution < 1.29 is 8.42 Å². The molecule has 0 aliphatic heterocycles. The van der Waals surface area contributed by atoms with Crippen LogP contribution >= 0.6 is 22.6 Å². The molecule has 102 valence electrons. The van der Waals surface area contributed by atoms with Gasteiger partial charge in [0.25, 0.3) is 10.0 Å². The van der Waals surface area contributed by atoms with E-state index < -0.39 is 10.0 Å². The third-order valence-corrected chi connectivity index (χ3v) is 4.77. The lowest BCUT2D eigenvalue weighted by Gasteiger charge is -2.06. The molecule has 5 nitrogen and oxygen atoms in total. The minimum atomic E-state index is -3.57. The lowest BCUT2D eigenvalue weighted by atomic mass is 10.3. The number of benzene rings is 1. The highest BCUT2D eigenvalue weighted by Crippen LogP contribution is 2.19. The lowest BCUT2D eigenvalue weighted by Crippen LogP contribution is -2.12. The standard InChI is InChI=1S/C12H14IN3O2S/c1-16-8-12(6-11(16)7-14)19(17,18)15-10-4-2-9(13)3-5-10/h2-6,8,15H,7,14H2,1H3. The second kappa shape index (κ2) is 5.51. The highest BCUT2D eigenvalue weighted by atomic mass is 127. The molecule has 3 N–H and O–H groups in total. The Hall–Kier alpha value is -1.06. The Morgan fingerprint density at radius 3 is 2.47 bits per heavy atom. The first-order valence-electron chi connectivity index (χ1n) is 5.56. The van der Waals surface area contributed by atoms with Crippen LogP contribution in [-0.2, 0) is 23.6 Å². The van der Waals surface area contributed by atoms with E-state index in [4.69, 9.17) is 5.73 Å². The summed E-state index contributed by atoms with van der Waals surface area (Å²) in [6, 6.07) is 8.72. The Morgan fingerprint density at radius 1 is 1.32 bits per heavy atom. The van der Waals surface area contributed by atoms with E-state index in [9.17, 15) is 8.42 Å². The van der Waals surface area contributed by atoms with E-state index in [1.165, 1.54) is 0 Å². The number of aromatic nitrogens is 1. The number of aryl methyl sites for hydroxylation is 1. The number of nitrogens with zero attached hydrogens (tertiary/aromatic N) is 1. The van der Waals surface area contributed by atoms with Crippen LogP contribution in [0, 0.1) is 3.57 Å². The summed E-state index contributed by atoms with van der Waals surface area (Å²) in [6.45, 7) is 0.301. The Balaban J connectivity index is 2.29. The van der Waals surface area contributed by atoms with Gasteiger partial charge in [-0.15, -0.1) is 0 Å². The van der Waals surface area contributed by atoms with Crippen LogP contribution in [0.4, 0.5) is 5.69 Å². The number of anilines is 1. The molecule has 1 heterocycles. The molecule has 0 saturated carbocycles. The van der Waals surface area contributed by atoms with Crippen molar-refractivity contribution in [2.75, 3.05) is 4.72 Å². The van der Waals surface area contributed by atoms with Crippen LogP contribution < -0.4 is 10.5 Å². The molecule has 0 aliphatic rings. The van der Waals surface area contributed by atoms with E-state index in [1.807, 2.05) is 12.1 Å². The Kier molecular flexibility index (Phi) is 4.16. The first-order valence-corrected chi connectivity index (χ1v) is 8.12. The van der Waals surface area contributed by atoms with E-state index in [1.54, 1.807) is 36.0 Å². The molecular formula is C12H14IN3O2S. The normalized spacial score (nSPS) is 11.5. The molecule has 0 atom stereocenters. The minimum absolute atomic E-state index is 0.217. The van der Waals surface area contributed by atoms with Crippen LogP contribution in [0.15, 0.2) is 41.4 Å². The number of hydrogen-bond acceptors (Lipinski definition) is 3. The van der Waals surface area contributed by atoms with Crippen molar-refractivity contribution in [3.8, 4) is 0 Å². The van der Waals surface area contributed by atoms with E-state index in [0.29, 0.717) is 12.2 Å². The van der Waals surface area contributed by atoms with Gasteiger partial charge in [0, 0.05) is 34.7 Å². The van der Waals surface area contributed by atoms with Crippen molar-refractivity contribution in [3.63, 3.8) is 0 Å². The zero-order valence-corrected chi connectivity index (χ0v) is 13.3. The van der Waals surface area contributed by atoms with Gasteiger partial charge in [-0.25, -0.2) is 8.42 Å². The molecule has 0 fully saturated rings. The van der Waals surface area contributed by atoms with Crippen molar-refractivity contribution in [1.29, 1.82) is 0 Å². The molecule has 0 aliphatic carbocycles. The highest BCUT2D eigenvalue weighted by Gasteiger charge is 2.17. The number of halogens is 1. The number of nitrogens with one attached hydrogen (secondary N) is 1. The van der Waals surface area contributed by atoms with Gasteiger partial charge in [-0.05, 0) is 52.9 Å². The Labute approximate surface area is 126 Å². The summed E-state index contributed by atoms with van der Waals surface area (Å²) in [5.41, 5.74) is 6.85. The predicted octanol–water partition coefficient (Wildman–Crippen LogP) is 1.89. The number of nitrogens with two attached hydrogens (primary N) is 1. The fourth-order valence-electron chi connectivity index (χ4n) is 1.66. The summed E-state index contributed by atoms with van der Waals surface area (Å²) in [4.78, 5) is 0.217. The molecule has 0 unspecified atom stereocenters. The van der Waals surface area contributed by atoms with Gasteiger partial charge < -0.3 is 10.3 Å². The molecule has 2 rings (SSSR count). The molecule has 0 radical (unpaired) electrons. The van der Waals surface area contributed by atoms with Crippen LogP contribution in [0.5, 0.6) is 0 Å². The zero-order valence-electron chi connectivity index (χ0n) is 10.3. The van der Waals surface area contributed by atoms with Gasteiger partial charge in [-0.1, -0.05) is 0 Å². The fraction of sp³-hybridized carbons (Fsp3) is 0.167. The number of rotatable bonds is 4. The van der Waals surface area contributed by atoms with Crippen molar-refractivity contribution >= 4 is 38.3 Å². The van der Waals surface area contributed by atoms with E-state index >= 15 is 0 Å². The highest BCUT2D eigenvalue weighted by molar-refractivity contribution is 14.1. The summed E-state index contributed by atoms with van der Waals surface area (Å²) in [5.74, 6) is 0. The van der Waals surface area contributed by atoms with Crippen LogP contribution in [-0.4, -0.2) is 13.0 Å². The first-order chi connectivity index (χ1) is 8.92. The largest absolute Gasteiger partial charge is 0.352 e. The average Bonchev–Trinajstić information content (AvgIpc) is 2.74. The summed E-state index contributed by atoms with van der Waals surface area (Å²) < 4.78 is 29.7. The van der Waals surface area contributed by atoms with Gasteiger partial charge >= 0.3 is 0 Å². The topological polar surface area (TPSA) is 77.1 Å². The summed E-state index contributed by atoms with van der Waals surface area (Å²) in [5, 5.41) is 0. The predicted molar refractivity (Wildman–Crippen MR) is 83.3 cm³/mol. The van der Waals surface area contributed by atoms with E-state index in [2.05, 4.69) is 27.3 Å². The van der Waals surface area contributed by atoms with Crippen LogP contribution in [0.2, 0.25) is 0 Å². The third kappa shape index (κ3) is 3.28. The van der Waals surface area contributed by atoms with Gasteiger partial charge in [0.15, 0.2) is 0 Å². The molecule has 2 aromatic rings. The molecule has 1 aromatic carbocycles. The average molecular weight is 391 g/mol. The van der Waals surface area contributed by atoms with Gasteiger partial charge in [-0.3, -0.25) is 4.72 Å². The van der Waals surface area contributed by atoms with Crippen LogP contribution in [0.3, 0.4) is 0 Å². The fourth-order valence-corrected chi connectivity index (χ4v) is 3.17.